The minimum absolute atomic E-state index is 0.0555. The van der Waals surface area contributed by atoms with Crippen LogP contribution < -0.4 is 5.32 Å². The number of hydrogen-bond acceptors (Lipinski definition) is 2. The summed E-state index contributed by atoms with van der Waals surface area (Å²) < 4.78 is 6.03. The summed E-state index contributed by atoms with van der Waals surface area (Å²) in [6.45, 7) is 11.6. The van der Waals surface area contributed by atoms with E-state index in [1.165, 1.54) is 22.3 Å². The Balaban J connectivity index is 1.68. The Hall–Kier alpha value is -1.64. The van der Waals surface area contributed by atoms with Gasteiger partial charge in [0, 0.05) is 18.6 Å². The van der Waals surface area contributed by atoms with Crippen LogP contribution in [-0.2, 0) is 16.7 Å². The van der Waals surface area contributed by atoms with Crippen molar-refractivity contribution in [3.63, 3.8) is 0 Å². The molecule has 2 aromatic rings. The fourth-order valence-corrected chi connectivity index (χ4v) is 4.25. The van der Waals surface area contributed by atoms with E-state index in [4.69, 9.17) is 4.74 Å². The number of nitrogens with one attached hydrogen (secondary N) is 1. The van der Waals surface area contributed by atoms with E-state index in [0.29, 0.717) is 0 Å². The normalized spacial score (nSPS) is 22.3. The Kier molecular flexibility index (Phi) is 5.84. The van der Waals surface area contributed by atoms with Crippen LogP contribution in [0.15, 0.2) is 48.5 Å². The molecule has 0 bridgehead atoms. The molecule has 0 aromatic heterocycles. The van der Waals surface area contributed by atoms with Crippen molar-refractivity contribution >= 4 is 0 Å². The van der Waals surface area contributed by atoms with Crippen molar-refractivity contribution in [3.8, 4) is 0 Å². The second-order valence-corrected chi connectivity index (χ2v) is 8.59. The highest BCUT2D eigenvalue weighted by Gasteiger charge is 2.41. The molecule has 0 radical (unpaired) electrons. The lowest BCUT2D eigenvalue weighted by molar-refractivity contribution is -0.0840. The zero-order chi connectivity index (χ0) is 18.6. The second kappa shape index (κ2) is 7.94. The van der Waals surface area contributed by atoms with E-state index in [2.05, 4.69) is 81.5 Å². The SMILES string of the molecule is Cc1ccc(CNCCC2(c3ccc(C)cc3)CCOC(C)(C)C2)cc1. The summed E-state index contributed by atoms with van der Waals surface area (Å²) in [5, 5.41) is 3.66. The van der Waals surface area contributed by atoms with Gasteiger partial charge >= 0.3 is 0 Å². The summed E-state index contributed by atoms with van der Waals surface area (Å²) in [7, 11) is 0. The van der Waals surface area contributed by atoms with Gasteiger partial charge in [-0.2, -0.15) is 0 Å². The predicted octanol–water partition coefficient (Wildman–Crippen LogP) is 5.31. The number of benzene rings is 2. The monoisotopic (exact) mass is 351 g/mol. The topological polar surface area (TPSA) is 21.3 Å². The van der Waals surface area contributed by atoms with E-state index in [-0.39, 0.29) is 11.0 Å². The molecule has 26 heavy (non-hydrogen) atoms. The number of aryl methyl sites for hydroxylation is 2. The molecule has 2 aromatic carbocycles. The Bertz CT molecular complexity index is 702. The third-order valence-electron chi connectivity index (χ3n) is 5.73. The summed E-state index contributed by atoms with van der Waals surface area (Å²) in [4.78, 5) is 0. The van der Waals surface area contributed by atoms with Crippen LogP contribution in [0.5, 0.6) is 0 Å². The Morgan fingerprint density at radius 2 is 1.54 bits per heavy atom. The van der Waals surface area contributed by atoms with Crippen LogP contribution in [0, 0.1) is 13.8 Å². The lowest BCUT2D eigenvalue weighted by atomic mass is 9.67. The van der Waals surface area contributed by atoms with E-state index in [1.807, 2.05) is 0 Å². The first-order valence-electron chi connectivity index (χ1n) is 9.86. The molecule has 2 nitrogen and oxygen atoms in total. The van der Waals surface area contributed by atoms with Gasteiger partial charge in [0.1, 0.15) is 0 Å². The summed E-state index contributed by atoms with van der Waals surface area (Å²) in [6.07, 6.45) is 3.33. The lowest BCUT2D eigenvalue weighted by Gasteiger charge is -2.45. The van der Waals surface area contributed by atoms with E-state index in [1.54, 1.807) is 0 Å². The molecule has 3 rings (SSSR count). The van der Waals surface area contributed by atoms with Crippen LogP contribution in [0.2, 0.25) is 0 Å². The van der Waals surface area contributed by atoms with Crippen molar-refractivity contribution < 1.29 is 4.74 Å². The predicted molar refractivity (Wildman–Crippen MR) is 110 cm³/mol. The largest absolute Gasteiger partial charge is 0.376 e. The maximum Gasteiger partial charge on any atom is 0.0635 e. The highest BCUT2D eigenvalue weighted by Crippen LogP contribution is 2.43. The molecule has 1 N–H and O–H groups in total. The zero-order valence-electron chi connectivity index (χ0n) is 16.8. The fourth-order valence-electron chi connectivity index (χ4n) is 4.25. The standard InChI is InChI=1S/C24H33NO/c1-19-5-9-21(10-6-19)17-25-15-13-24(14-16-26-23(3,4)18-24)22-11-7-20(2)8-12-22/h5-12,25H,13-18H2,1-4H3. The van der Waals surface area contributed by atoms with Gasteiger partial charge in [0.05, 0.1) is 5.60 Å². The van der Waals surface area contributed by atoms with Crippen LogP contribution in [0.25, 0.3) is 0 Å². The molecule has 1 aliphatic heterocycles. The fraction of sp³-hybridized carbons (Fsp3) is 0.500. The van der Waals surface area contributed by atoms with E-state index >= 15 is 0 Å². The molecule has 1 unspecified atom stereocenters. The van der Waals surface area contributed by atoms with E-state index in [9.17, 15) is 0 Å². The van der Waals surface area contributed by atoms with Crippen molar-refractivity contribution in [1.82, 2.24) is 5.32 Å². The van der Waals surface area contributed by atoms with Crippen molar-refractivity contribution in [3.05, 3.63) is 70.8 Å². The molecule has 0 spiro atoms. The summed E-state index contributed by atoms with van der Waals surface area (Å²) in [5.41, 5.74) is 5.61. The molecule has 1 saturated heterocycles. The van der Waals surface area contributed by atoms with Crippen LogP contribution in [0.1, 0.15) is 55.4 Å². The molecular weight excluding hydrogens is 318 g/mol. The van der Waals surface area contributed by atoms with Crippen molar-refractivity contribution in [2.45, 2.75) is 64.5 Å². The van der Waals surface area contributed by atoms with Gasteiger partial charge in [0.25, 0.3) is 0 Å². The van der Waals surface area contributed by atoms with Gasteiger partial charge in [-0.05, 0) is 64.6 Å². The number of ether oxygens (including phenoxy) is 1. The Labute approximate surface area is 159 Å². The Morgan fingerprint density at radius 3 is 2.15 bits per heavy atom. The zero-order valence-corrected chi connectivity index (χ0v) is 16.8. The molecule has 0 aliphatic carbocycles. The van der Waals surface area contributed by atoms with E-state index < -0.39 is 0 Å². The number of hydrogen-bond donors (Lipinski definition) is 1. The average molecular weight is 352 g/mol. The van der Waals surface area contributed by atoms with Crippen molar-refractivity contribution in [1.29, 1.82) is 0 Å². The van der Waals surface area contributed by atoms with Gasteiger partial charge in [-0.15, -0.1) is 0 Å². The second-order valence-electron chi connectivity index (χ2n) is 8.59. The first-order valence-corrected chi connectivity index (χ1v) is 9.86. The van der Waals surface area contributed by atoms with Crippen LogP contribution >= 0.6 is 0 Å². The minimum atomic E-state index is -0.0555. The van der Waals surface area contributed by atoms with E-state index in [0.717, 1.165) is 39.0 Å². The highest BCUT2D eigenvalue weighted by molar-refractivity contribution is 5.30. The summed E-state index contributed by atoms with van der Waals surface area (Å²) >= 11 is 0. The molecule has 2 heteroatoms. The molecule has 1 aliphatic rings. The average Bonchev–Trinajstić information content (AvgIpc) is 2.60. The van der Waals surface area contributed by atoms with Gasteiger partial charge in [-0.25, -0.2) is 0 Å². The molecule has 0 amide bonds. The lowest BCUT2D eigenvalue weighted by Crippen LogP contribution is -2.45. The van der Waals surface area contributed by atoms with Gasteiger partial charge in [0.2, 0.25) is 0 Å². The molecule has 1 fully saturated rings. The third-order valence-corrected chi connectivity index (χ3v) is 5.73. The van der Waals surface area contributed by atoms with Crippen LogP contribution in [-0.4, -0.2) is 18.8 Å². The first kappa shape index (κ1) is 19.1. The molecule has 0 saturated carbocycles. The van der Waals surface area contributed by atoms with Crippen molar-refractivity contribution in [2.75, 3.05) is 13.2 Å². The quantitative estimate of drug-likeness (QED) is 0.712. The van der Waals surface area contributed by atoms with Crippen LogP contribution in [0.3, 0.4) is 0 Å². The molecule has 140 valence electrons. The molecular formula is C24H33NO. The number of rotatable bonds is 6. The van der Waals surface area contributed by atoms with Crippen LogP contribution in [0.4, 0.5) is 0 Å². The first-order chi connectivity index (χ1) is 12.4. The van der Waals surface area contributed by atoms with Gasteiger partial charge in [-0.3, -0.25) is 0 Å². The summed E-state index contributed by atoms with van der Waals surface area (Å²) in [6, 6.07) is 18.0. The minimum Gasteiger partial charge on any atom is -0.376 e. The maximum absolute atomic E-state index is 6.03. The Morgan fingerprint density at radius 1 is 0.923 bits per heavy atom. The van der Waals surface area contributed by atoms with Gasteiger partial charge in [-0.1, -0.05) is 59.7 Å². The smallest absolute Gasteiger partial charge is 0.0635 e. The third kappa shape index (κ3) is 4.75. The van der Waals surface area contributed by atoms with Gasteiger partial charge < -0.3 is 10.1 Å². The molecule has 1 atom stereocenters. The van der Waals surface area contributed by atoms with Gasteiger partial charge in [0.15, 0.2) is 0 Å². The maximum atomic E-state index is 6.03. The highest BCUT2D eigenvalue weighted by atomic mass is 16.5. The molecule has 1 heterocycles. The van der Waals surface area contributed by atoms with Crippen molar-refractivity contribution in [2.24, 2.45) is 0 Å². The summed E-state index contributed by atoms with van der Waals surface area (Å²) in [5.74, 6) is 0.